The van der Waals surface area contributed by atoms with Gasteiger partial charge in [0.05, 0.1) is 27.0 Å². The van der Waals surface area contributed by atoms with Crippen LogP contribution in [0.5, 0.6) is 11.8 Å². The minimum absolute atomic E-state index is 0.155. The SMILES string of the molecule is CCCOCCC(=O)c1ncc(OC)nc1OC. The van der Waals surface area contributed by atoms with Crippen LogP contribution in [0.15, 0.2) is 6.20 Å². The first-order chi connectivity index (χ1) is 8.72. The van der Waals surface area contributed by atoms with Crippen LogP contribution in [0.1, 0.15) is 30.3 Å². The van der Waals surface area contributed by atoms with E-state index in [9.17, 15) is 4.79 Å². The second-order valence-corrected chi connectivity index (χ2v) is 3.56. The Labute approximate surface area is 106 Å². The van der Waals surface area contributed by atoms with Gasteiger partial charge in [-0.05, 0) is 6.42 Å². The molecule has 1 aromatic rings. The van der Waals surface area contributed by atoms with Gasteiger partial charge in [-0.3, -0.25) is 4.79 Å². The van der Waals surface area contributed by atoms with Crippen molar-refractivity contribution in [2.75, 3.05) is 27.4 Å². The summed E-state index contributed by atoms with van der Waals surface area (Å²) in [6.45, 7) is 3.04. The molecule has 0 aliphatic rings. The van der Waals surface area contributed by atoms with Crippen molar-refractivity contribution in [3.63, 3.8) is 0 Å². The van der Waals surface area contributed by atoms with Crippen LogP contribution in [0.4, 0.5) is 0 Å². The molecule has 0 fully saturated rings. The molecule has 6 heteroatoms. The van der Waals surface area contributed by atoms with Crippen molar-refractivity contribution >= 4 is 5.78 Å². The molecule has 0 bridgehead atoms. The van der Waals surface area contributed by atoms with Gasteiger partial charge in [-0.25, -0.2) is 4.98 Å². The van der Waals surface area contributed by atoms with Crippen molar-refractivity contribution in [1.29, 1.82) is 0 Å². The van der Waals surface area contributed by atoms with Crippen LogP contribution in [0.2, 0.25) is 0 Å². The van der Waals surface area contributed by atoms with Crippen LogP contribution in [-0.4, -0.2) is 43.2 Å². The molecule has 1 rings (SSSR count). The van der Waals surface area contributed by atoms with Crippen LogP contribution >= 0.6 is 0 Å². The van der Waals surface area contributed by atoms with Crippen molar-refractivity contribution in [2.24, 2.45) is 0 Å². The third-order valence-corrected chi connectivity index (χ3v) is 2.21. The summed E-state index contributed by atoms with van der Waals surface area (Å²) in [7, 11) is 2.91. The first kappa shape index (κ1) is 14.4. The van der Waals surface area contributed by atoms with E-state index >= 15 is 0 Å². The van der Waals surface area contributed by atoms with Crippen molar-refractivity contribution in [2.45, 2.75) is 19.8 Å². The maximum atomic E-state index is 11.9. The number of ketones is 1. The predicted molar refractivity (Wildman–Crippen MR) is 65.2 cm³/mol. The van der Waals surface area contributed by atoms with Crippen molar-refractivity contribution in [3.05, 3.63) is 11.9 Å². The highest BCUT2D eigenvalue weighted by molar-refractivity contribution is 5.96. The summed E-state index contributed by atoms with van der Waals surface area (Å²) in [6, 6.07) is 0. The second kappa shape index (κ2) is 7.60. The Kier molecular flexibility index (Phi) is 6.07. The lowest BCUT2D eigenvalue weighted by atomic mass is 10.2. The van der Waals surface area contributed by atoms with Gasteiger partial charge in [0.2, 0.25) is 11.8 Å². The molecule has 0 saturated heterocycles. The van der Waals surface area contributed by atoms with Crippen LogP contribution in [0.25, 0.3) is 0 Å². The van der Waals surface area contributed by atoms with Gasteiger partial charge in [-0.1, -0.05) is 6.92 Å². The van der Waals surface area contributed by atoms with Gasteiger partial charge in [0.25, 0.3) is 0 Å². The lowest BCUT2D eigenvalue weighted by molar-refractivity contribution is 0.0870. The monoisotopic (exact) mass is 254 g/mol. The summed E-state index contributed by atoms with van der Waals surface area (Å²) < 4.78 is 15.2. The topological polar surface area (TPSA) is 70.5 Å². The molecular formula is C12H18N2O4. The number of carbonyl (C=O) groups excluding carboxylic acids is 1. The second-order valence-electron chi connectivity index (χ2n) is 3.56. The first-order valence-corrected chi connectivity index (χ1v) is 5.78. The van der Waals surface area contributed by atoms with Gasteiger partial charge in [0.15, 0.2) is 11.5 Å². The summed E-state index contributed by atoms with van der Waals surface area (Å²) in [5.74, 6) is 0.332. The summed E-state index contributed by atoms with van der Waals surface area (Å²) in [5.41, 5.74) is 0.207. The fraction of sp³-hybridized carbons (Fsp3) is 0.583. The van der Waals surface area contributed by atoms with Gasteiger partial charge < -0.3 is 14.2 Å². The van der Waals surface area contributed by atoms with Crippen LogP contribution in [0.3, 0.4) is 0 Å². The standard InChI is InChI=1S/C12H18N2O4/c1-4-6-18-7-5-9(15)11-12(17-3)14-10(16-2)8-13-11/h8H,4-7H2,1-3H3. The Balaban J connectivity index is 2.66. The molecule has 0 radical (unpaired) electrons. The number of hydrogen-bond donors (Lipinski definition) is 0. The third-order valence-electron chi connectivity index (χ3n) is 2.21. The molecule has 0 unspecified atom stereocenters. The van der Waals surface area contributed by atoms with E-state index in [1.807, 2.05) is 6.92 Å². The minimum Gasteiger partial charge on any atom is -0.480 e. The molecule has 0 atom stereocenters. The highest BCUT2D eigenvalue weighted by Gasteiger charge is 2.16. The van der Waals surface area contributed by atoms with Crippen molar-refractivity contribution in [1.82, 2.24) is 9.97 Å². The highest BCUT2D eigenvalue weighted by atomic mass is 16.5. The molecule has 0 N–H and O–H groups in total. The number of rotatable bonds is 8. The van der Waals surface area contributed by atoms with Crippen LogP contribution < -0.4 is 9.47 Å². The molecule has 0 saturated carbocycles. The zero-order valence-electron chi connectivity index (χ0n) is 10.9. The average molecular weight is 254 g/mol. The highest BCUT2D eigenvalue weighted by Crippen LogP contribution is 2.18. The lowest BCUT2D eigenvalue weighted by Crippen LogP contribution is -2.10. The van der Waals surface area contributed by atoms with Crippen LogP contribution in [-0.2, 0) is 4.74 Å². The summed E-state index contributed by atoms with van der Waals surface area (Å²) in [5, 5.41) is 0. The Bertz CT molecular complexity index is 396. The molecule has 0 aliphatic carbocycles. The van der Waals surface area contributed by atoms with E-state index < -0.39 is 0 Å². The zero-order valence-corrected chi connectivity index (χ0v) is 10.9. The smallest absolute Gasteiger partial charge is 0.246 e. The van der Waals surface area contributed by atoms with Gasteiger partial charge in [0.1, 0.15) is 0 Å². The fourth-order valence-electron chi connectivity index (χ4n) is 1.32. The zero-order chi connectivity index (χ0) is 13.4. The van der Waals surface area contributed by atoms with E-state index in [2.05, 4.69) is 9.97 Å². The van der Waals surface area contributed by atoms with E-state index in [1.165, 1.54) is 20.4 Å². The quantitative estimate of drug-likeness (QED) is 0.517. The normalized spacial score (nSPS) is 10.2. The Hall–Kier alpha value is -1.69. The van der Waals surface area contributed by atoms with E-state index in [1.54, 1.807) is 0 Å². The number of aromatic nitrogens is 2. The molecule has 6 nitrogen and oxygen atoms in total. The average Bonchev–Trinajstić information content (AvgIpc) is 2.42. The third kappa shape index (κ3) is 3.96. The van der Waals surface area contributed by atoms with Crippen molar-refractivity contribution in [3.8, 4) is 11.8 Å². The molecule has 18 heavy (non-hydrogen) atoms. The fourth-order valence-corrected chi connectivity index (χ4v) is 1.32. The summed E-state index contributed by atoms with van der Waals surface area (Å²) in [6.07, 6.45) is 2.58. The number of nitrogens with zero attached hydrogens (tertiary/aromatic N) is 2. The molecule has 0 aliphatic heterocycles. The van der Waals surface area contributed by atoms with Gasteiger partial charge in [-0.2, -0.15) is 4.98 Å². The molecule has 0 spiro atoms. The van der Waals surface area contributed by atoms with Crippen LogP contribution in [0, 0.1) is 0 Å². The van der Waals surface area contributed by atoms with Crippen molar-refractivity contribution < 1.29 is 19.0 Å². The van der Waals surface area contributed by atoms with E-state index in [0.29, 0.717) is 19.1 Å². The Morgan fingerprint density at radius 1 is 1.28 bits per heavy atom. The van der Waals surface area contributed by atoms with E-state index in [0.717, 1.165) is 6.42 Å². The van der Waals surface area contributed by atoms with E-state index in [-0.39, 0.29) is 23.8 Å². The first-order valence-electron chi connectivity index (χ1n) is 5.78. The maximum absolute atomic E-state index is 11.9. The predicted octanol–water partition coefficient (Wildman–Crippen LogP) is 1.49. The molecule has 0 aromatic carbocycles. The van der Waals surface area contributed by atoms with Gasteiger partial charge in [-0.15, -0.1) is 0 Å². The Morgan fingerprint density at radius 3 is 2.67 bits per heavy atom. The Morgan fingerprint density at radius 2 is 2.06 bits per heavy atom. The summed E-state index contributed by atoms with van der Waals surface area (Å²) >= 11 is 0. The number of methoxy groups -OCH3 is 2. The maximum Gasteiger partial charge on any atom is 0.246 e. The number of hydrogen-bond acceptors (Lipinski definition) is 6. The molecule has 100 valence electrons. The minimum atomic E-state index is -0.155. The van der Waals surface area contributed by atoms with E-state index in [4.69, 9.17) is 14.2 Å². The lowest BCUT2D eigenvalue weighted by Gasteiger charge is -2.07. The van der Waals surface area contributed by atoms with Gasteiger partial charge >= 0.3 is 0 Å². The summed E-state index contributed by atoms with van der Waals surface area (Å²) in [4.78, 5) is 19.9. The van der Waals surface area contributed by atoms with Gasteiger partial charge in [0, 0.05) is 13.0 Å². The number of Topliss-reactive ketones (excluding diaryl/α,β-unsaturated/α-hetero) is 1. The molecule has 1 heterocycles. The number of carbonyl (C=O) groups is 1. The number of ether oxygens (including phenoxy) is 3. The molecule has 0 amide bonds. The molecular weight excluding hydrogens is 236 g/mol. The molecule has 1 aromatic heterocycles. The largest absolute Gasteiger partial charge is 0.480 e.